The Morgan fingerprint density at radius 3 is 1.71 bits per heavy atom. The van der Waals surface area contributed by atoms with Gasteiger partial charge in [0, 0.05) is 28.2 Å². The van der Waals surface area contributed by atoms with Gasteiger partial charge in [-0.25, -0.2) is 0 Å². The summed E-state index contributed by atoms with van der Waals surface area (Å²) in [6.45, 7) is 0. The van der Waals surface area contributed by atoms with E-state index in [1.54, 1.807) is 37.5 Å². The molecule has 0 unspecified atom stereocenters. The van der Waals surface area contributed by atoms with Crippen LogP contribution in [0.4, 0.5) is 4.20 Å². The molecule has 0 saturated heterocycles. The Labute approximate surface area is 85.9 Å². The molecule has 0 N–H and O–H groups in total. The Kier molecular flexibility index (Phi) is 3.59. The molecule has 0 aliphatic heterocycles. The van der Waals surface area contributed by atoms with Crippen molar-refractivity contribution in [2.75, 3.05) is 28.2 Å². The zero-order chi connectivity index (χ0) is 10.8. The van der Waals surface area contributed by atoms with Crippen molar-refractivity contribution < 1.29 is 4.20 Å². The number of hydrogen-bond donors (Lipinski definition) is 0. The topological polar surface area (TPSA) is 6.48 Å². The quantitative estimate of drug-likeness (QED) is 0.713. The van der Waals surface area contributed by atoms with Gasteiger partial charge < -0.3 is 0 Å². The molecule has 0 atom stereocenters. The molecular formula is C10H17FN2P+. The van der Waals surface area contributed by atoms with Gasteiger partial charge in [-0.3, -0.25) is 0 Å². The van der Waals surface area contributed by atoms with Gasteiger partial charge in [-0.1, -0.05) is 18.2 Å². The van der Waals surface area contributed by atoms with Crippen molar-refractivity contribution in [1.82, 2.24) is 9.34 Å². The minimum atomic E-state index is -2.80. The third-order valence-corrected chi connectivity index (χ3v) is 5.22. The molecule has 0 radical (unpaired) electrons. The fourth-order valence-corrected chi connectivity index (χ4v) is 3.63. The van der Waals surface area contributed by atoms with Gasteiger partial charge in [0.25, 0.3) is 0 Å². The van der Waals surface area contributed by atoms with Crippen LogP contribution < -0.4 is 5.30 Å². The standard InChI is InChI=1S/C10H17FN2P/c1-12(2)14(11,13(3)4)10-8-6-5-7-9-10/h5-9H,1-4H3/q+1. The van der Waals surface area contributed by atoms with Crippen molar-refractivity contribution in [2.24, 2.45) is 0 Å². The first-order valence-electron chi connectivity index (χ1n) is 4.49. The summed E-state index contributed by atoms with van der Waals surface area (Å²) in [7, 11) is 4.32. The zero-order valence-electron chi connectivity index (χ0n) is 9.11. The highest BCUT2D eigenvalue weighted by molar-refractivity contribution is 7.73. The van der Waals surface area contributed by atoms with Crippen LogP contribution in [0.5, 0.6) is 0 Å². The molecule has 78 valence electrons. The lowest BCUT2D eigenvalue weighted by atomic mass is 10.4. The van der Waals surface area contributed by atoms with Crippen molar-refractivity contribution >= 4 is 13.2 Å². The molecule has 0 amide bonds. The van der Waals surface area contributed by atoms with Crippen LogP contribution in [-0.2, 0) is 0 Å². The first kappa shape index (κ1) is 11.6. The van der Waals surface area contributed by atoms with E-state index in [9.17, 15) is 4.20 Å². The number of halogens is 1. The highest BCUT2D eigenvalue weighted by Crippen LogP contribution is 2.62. The summed E-state index contributed by atoms with van der Waals surface area (Å²) in [4.78, 5) is 0. The molecule has 2 nitrogen and oxygen atoms in total. The van der Waals surface area contributed by atoms with Gasteiger partial charge in [0.1, 0.15) is 0 Å². The maximum Gasteiger partial charge on any atom is 0.381 e. The summed E-state index contributed by atoms with van der Waals surface area (Å²) >= 11 is 0. The van der Waals surface area contributed by atoms with Crippen molar-refractivity contribution in [3.8, 4) is 0 Å². The fourth-order valence-electron chi connectivity index (χ4n) is 1.44. The summed E-state index contributed by atoms with van der Waals surface area (Å²) in [6.07, 6.45) is 0. The smallest absolute Gasteiger partial charge is 0.136 e. The highest BCUT2D eigenvalue weighted by Gasteiger charge is 2.49. The second-order valence-corrected chi connectivity index (χ2v) is 6.72. The molecule has 1 rings (SSSR count). The van der Waals surface area contributed by atoms with E-state index >= 15 is 0 Å². The first-order valence-corrected chi connectivity index (χ1v) is 6.08. The third kappa shape index (κ3) is 1.95. The van der Waals surface area contributed by atoms with Crippen molar-refractivity contribution in [2.45, 2.75) is 0 Å². The zero-order valence-corrected chi connectivity index (χ0v) is 10.0. The summed E-state index contributed by atoms with van der Waals surface area (Å²) in [5.74, 6) is 0. The molecule has 0 aromatic heterocycles. The molecule has 4 heteroatoms. The third-order valence-electron chi connectivity index (χ3n) is 2.14. The Balaban J connectivity index is 3.13. The van der Waals surface area contributed by atoms with E-state index in [0.717, 1.165) is 5.30 Å². The number of benzene rings is 1. The number of rotatable bonds is 3. The number of nitrogens with zero attached hydrogens (tertiary/aromatic N) is 2. The van der Waals surface area contributed by atoms with Crippen molar-refractivity contribution in [3.05, 3.63) is 30.3 Å². The van der Waals surface area contributed by atoms with Gasteiger partial charge in [-0.05, 0) is 16.3 Å². The van der Waals surface area contributed by atoms with Gasteiger partial charge in [-0.15, -0.1) is 9.34 Å². The summed E-state index contributed by atoms with van der Waals surface area (Å²) in [5, 5.41) is 0.759. The first-order chi connectivity index (χ1) is 6.49. The maximum atomic E-state index is 14.7. The largest absolute Gasteiger partial charge is 0.381 e. The van der Waals surface area contributed by atoms with Gasteiger partial charge in [0.2, 0.25) is 0 Å². The average molecular weight is 215 g/mol. The molecule has 0 heterocycles. The predicted octanol–water partition coefficient (Wildman–Crippen LogP) is 2.17. The second kappa shape index (κ2) is 4.35. The second-order valence-electron chi connectivity index (χ2n) is 3.56. The van der Waals surface area contributed by atoms with E-state index in [-0.39, 0.29) is 0 Å². The lowest BCUT2D eigenvalue weighted by Gasteiger charge is -2.26. The van der Waals surface area contributed by atoms with E-state index in [1.807, 2.05) is 30.3 Å². The van der Waals surface area contributed by atoms with Crippen LogP contribution in [0.2, 0.25) is 0 Å². The number of hydrogen-bond acceptors (Lipinski definition) is 2. The summed E-state index contributed by atoms with van der Waals surface area (Å²) in [5.41, 5.74) is 0. The molecule has 14 heavy (non-hydrogen) atoms. The minimum Gasteiger partial charge on any atom is -0.136 e. The van der Waals surface area contributed by atoms with Crippen molar-refractivity contribution in [3.63, 3.8) is 0 Å². The van der Waals surface area contributed by atoms with Crippen LogP contribution in [0.25, 0.3) is 0 Å². The van der Waals surface area contributed by atoms with Crippen LogP contribution in [0.15, 0.2) is 30.3 Å². The predicted molar refractivity (Wildman–Crippen MR) is 61.5 cm³/mol. The van der Waals surface area contributed by atoms with Gasteiger partial charge >= 0.3 is 7.87 Å². The SMILES string of the molecule is CN(C)[P+](F)(c1ccccc1)N(C)C. The van der Waals surface area contributed by atoms with E-state index in [2.05, 4.69) is 0 Å². The van der Waals surface area contributed by atoms with Crippen LogP contribution in [0.3, 0.4) is 0 Å². The molecule has 0 fully saturated rings. The Bertz CT molecular complexity index is 279. The Hall–Kier alpha value is -0.500. The Morgan fingerprint density at radius 1 is 0.929 bits per heavy atom. The molecule has 0 saturated carbocycles. The summed E-state index contributed by atoms with van der Waals surface area (Å²) < 4.78 is 18.1. The van der Waals surface area contributed by atoms with E-state index < -0.39 is 7.87 Å². The van der Waals surface area contributed by atoms with Crippen LogP contribution in [0.1, 0.15) is 0 Å². The molecule has 0 aliphatic carbocycles. The molecule has 1 aromatic carbocycles. The van der Waals surface area contributed by atoms with Crippen LogP contribution in [0, 0.1) is 0 Å². The normalized spacial score (nSPS) is 12.5. The molecule has 0 aliphatic rings. The van der Waals surface area contributed by atoms with E-state index in [4.69, 9.17) is 0 Å². The van der Waals surface area contributed by atoms with Crippen molar-refractivity contribution in [1.29, 1.82) is 0 Å². The maximum absolute atomic E-state index is 14.7. The average Bonchev–Trinajstić information content (AvgIpc) is 2.17. The van der Waals surface area contributed by atoms with Gasteiger partial charge in [-0.2, -0.15) is 0 Å². The minimum absolute atomic E-state index is 0.759. The Morgan fingerprint density at radius 2 is 1.36 bits per heavy atom. The molecule has 0 spiro atoms. The lowest BCUT2D eigenvalue weighted by molar-refractivity contribution is 0.502. The summed E-state index contributed by atoms with van der Waals surface area (Å²) in [6, 6.07) is 9.33. The monoisotopic (exact) mass is 215 g/mol. The van der Waals surface area contributed by atoms with Gasteiger partial charge in [0.05, 0.1) is 0 Å². The molecule has 0 bridgehead atoms. The molecule has 1 aromatic rings. The lowest BCUT2D eigenvalue weighted by Crippen LogP contribution is -2.31. The highest BCUT2D eigenvalue weighted by atomic mass is 31.2. The van der Waals surface area contributed by atoms with Gasteiger partial charge in [0.15, 0.2) is 5.30 Å². The van der Waals surface area contributed by atoms with E-state index in [0.29, 0.717) is 0 Å². The molecular weight excluding hydrogens is 198 g/mol. The van der Waals surface area contributed by atoms with Crippen LogP contribution in [-0.4, -0.2) is 37.5 Å². The fraction of sp³-hybridized carbons (Fsp3) is 0.400. The van der Waals surface area contributed by atoms with E-state index in [1.165, 1.54) is 0 Å². The van der Waals surface area contributed by atoms with Crippen LogP contribution >= 0.6 is 7.87 Å².